The second kappa shape index (κ2) is 8.52. The van der Waals surface area contributed by atoms with Crippen molar-refractivity contribution in [2.24, 2.45) is 5.41 Å². The van der Waals surface area contributed by atoms with Crippen LogP contribution < -0.4 is 0 Å². The summed E-state index contributed by atoms with van der Waals surface area (Å²) in [6.07, 6.45) is 5.59. The second-order valence-corrected chi connectivity index (χ2v) is 7.30. The van der Waals surface area contributed by atoms with Crippen molar-refractivity contribution in [2.45, 2.75) is 33.0 Å². The number of hydrogen-bond acceptors (Lipinski definition) is 5. The van der Waals surface area contributed by atoms with Crippen molar-refractivity contribution in [2.75, 3.05) is 13.2 Å². The summed E-state index contributed by atoms with van der Waals surface area (Å²) in [5, 5.41) is 5.11. The molecular weight excluding hydrogens is 389 g/mol. The van der Waals surface area contributed by atoms with E-state index < -0.39 is 5.41 Å². The summed E-state index contributed by atoms with van der Waals surface area (Å²) < 4.78 is 12.9. The van der Waals surface area contributed by atoms with E-state index in [1.807, 2.05) is 13.8 Å². The van der Waals surface area contributed by atoms with Crippen LogP contribution in [0.5, 0.6) is 0 Å². The third kappa shape index (κ3) is 4.24. The minimum atomic E-state index is -0.789. The Morgan fingerprint density at radius 2 is 2.07 bits per heavy atom. The van der Waals surface area contributed by atoms with E-state index in [0.29, 0.717) is 40.9 Å². The molecule has 1 aromatic carbocycles. The van der Waals surface area contributed by atoms with Crippen LogP contribution >= 0.6 is 23.2 Å². The lowest BCUT2D eigenvalue weighted by atomic mass is 9.80. The Bertz CT molecular complexity index is 829. The number of hydrogen-bond donors (Lipinski definition) is 0. The first kappa shape index (κ1) is 20.0. The van der Waals surface area contributed by atoms with Gasteiger partial charge in [-0.05, 0) is 36.6 Å². The molecule has 6 nitrogen and oxygen atoms in total. The Morgan fingerprint density at radius 1 is 1.33 bits per heavy atom. The predicted octanol–water partition coefficient (Wildman–Crippen LogP) is 4.33. The van der Waals surface area contributed by atoms with Crippen molar-refractivity contribution >= 4 is 40.8 Å². The lowest BCUT2D eigenvalue weighted by molar-refractivity contribution is -0.225. The zero-order chi connectivity index (χ0) is 19.4. The number of rotatable bonds is 6. The van der Waals surface area contributed by atoms with Crippen LogP contribution in [0.1, 0.15) is 32.3 Å². The molecule has 3 rings (SSSR count). The van der Waals surface area contributed by atoms with Crippen molar-refractivity contribution in [1.82, 2.24) is 14.8 Å². The van der Waals surface area contributed by atoms with Gasteiger partial charge in [0, 0.05) is 10.0 Å². The molecule has 2 heterocycles. The quantitative estimate of drug-likeness (QED) is 0.664. The fourth-order valence-corrected chi connectivity index (χ4v) is 3.40. The van der Waals surface area contributed by atoms with Gasteiger partial charge in [0.25, 0.3) is 0 Å². The zero-order valence-corrected chi connectivity index (χ0v) is 16.7. The van der Waals surface area contributed by atoms with Crippen LogP contribution in [0.25, 0.3) is 11.8 Å². The number of aromatic nitrogens is 3. The van der Waals surface area contributed by atoms with Gasteiger partial charge in [-0.3, -0.25) is 4.79 Å². The largest absolute Gasteiger partial charge is 0.352 e. The van der Waals surface area contributed by atoms with Gasteiger partial charge in [-0.15, -0.1) is 0 Å². The van der Waals surface area contributed by atoms with Crippen molar-refractivity contribution in [3.05, 3.63) is 46.5 Å². The van der Waals surface area contributed by atoms with Gasteiger partial charge in [-0.1, -0.05) is 43.1 Å². The maximum atomic E-state index is 13.5. The average Bonchev–Trinajstić information content (AvgIpc) is 3.21. The fraction of sp³-hybridized carbons (Fsp3) is 0.421. The number of nitrogens with zero attached hydrogens (tertiary/aromatic N) is 3. The first-order chi connectivity index (χ1) is 13.0. The number of halogens is 2. The highest BCUT2D eigenvalue weighted by molar-refractivity contribution is 6.36. The second-order valence-electron chi connectivity index (χ2n) is 6.46. The maximum Gasteiger partial charge on any atom is 0.192 e. The molecule has 0 amide bonds. The number of Topliss-reactive ketones (excluding diaryl/α,β-unsaturated/α-hetero) is 1. The van der Waals surface area contributed by atoms with Crippen LogP contribution in [-0.4, -0.2) is 40.1 Å². The number of allylic oxidation sites excluding steroid dienone is 1. The first-order valence-electron chi connectivity index (χ1n) is 8.79. The Kier molecular flexibility index (Phi) is 6.32. The molecular formula is C19H21Cl2N3O3. The molecule has 0 radical (unpaired) electrons. The zero-order valence-electron chi connectivity index (χ0n) is 15.2. The number of carbonyl (C=O) groups excluding carboxylic acids is 1. The third-order valence-electron chi connectivity index (χ3n) is 4.74. The van der Waals surface area contributed by atoms with Crippen LogP contribution in [0.2, 0.25) is 10.0 Å². The normalized spacial score (nSPS) is 23.4. The van der Waals surface area contributed by atoms with Gasteiger partial charge in [-0.2, -0.15) is 5.10 Å². The molecule has 0 spiro atoms. The van der Waals surface area contributed by atoms with Gasteiger partial charge < -0.3 is 9.47 Å². The van der Waals surface area contributed by atoms with E-state index in [1.54, 1.807) is 24.3 Å². The highest BCUT2D eigenvalue weighted by atomic mass is 35.5. The molecule has 1 saturated heterocycles. The van der Waals surface area contributed by atoms with E-state index in [9.17, 15) is 4.79 Å². The molecule has 1 fully saturated rings. The molecule has 0 atom stereocenters. The standard InChI is InChI=1S/C19H21Cl2N3O3/c1-3-17-26-9-19(4-2,10-27-17)18(25)16(24-12-22-11-23-24)7-13-5-6-14(20)8-15(13)21/h5-8,11-12,17H,3-4,9-10H2,1-2H3. The van der Waals surface area contributed by atoms with Crippen LogP contribution in [0.4, 0.5) is 0 Å². The Balaban J connectivity index is 2.01. The van der Waals surface area contributed by atoms with E-state index in [1.165, 1.54) is 17.3 Å². The van der Waals surface area contributed by atoms with Crippen LogP contribution in [0, 0.1) is 5.41 Å². The van der Waals surface area contributed by atoms with Gasteiger partial charge in [-0.25, -0.2) is 9.67 Å². The van der Waals surface area contributed by atoms with Gasteiger partial charge in [0.15, 0.2) is 12.1 Å². The molecule has 0 saturated carbocycles. The average molecular weight is 410 g/mol. The van der Waals surface area contributed by atoms with Gasteiger partial charge in [0.2, 0.25) is 0 Å². The minimum Gasteiger partial charge on any atom is -0.352 e. The Hall–Kier alpha value is -1.73. The molecule has 0 N–H and O–H groups in total. The SMILES string of the molecule is CCC1OCC(CC)(C(=O)C(=Cc2ccc(Cl)cc2Cl)n2cncn2)CO1. The van der Waals surface area contributed by atoms with E-state index in [-0.39, 0.29) is 12.1 Å². The monoisotopic (exact) mass is 409 g/mol. The number of carbonyl (C=O) groups is 1. The summed E-state index contributed by atoms with van der Waals surface area (Å²) in [4.78, 5) is 17.5. The molecule has 8 heteroatoms. The minimum absolute atomic E-state index is 0.129. The lowest BCUT2D eigenvalue weighted by Gasteiger charge is -2.38. The molecule has 1 aliphatic rings. The summed E-state index contributed by atoms with van der Waals surface area (Å²) in [6, 6.07) is 5.11. The van der Waals surface area contributed by atoms with Gasteiger partial charge in [0.1, 0.15) is 18.4 Å². The maximum absolute atomic E-state index is 13.5. The first-order valence-corrected chi connectivity index (χ1v) is 9.54. The number of ether oxygens (including phenoxy) is 2. The molecule has 1 aromatic heterocycles. The van der Waals surface area contributed by atoms with Gasteiger partial charge in [0.05, 0.1) is 18.6 Å². The number of benzene rings is 1. The Morgan fingerprint density at radius 3 is 2.63 bits per heavy atom. The van der Waals surface area contributed by atoms with Crippen LogP contribution in [0.3, 0.4) is 0 Å². The van der Waals surface area contributed by atoms with E-state index in [2.05, 4.69) is 10.1 Å². The summed E-state index contributed by atoms with van der Waals surface area (Å²) in [5.74, 6) is -0.129. The molecule has 144 valence electrons. The molecule has 27 heavy (non-hydrogen) atoms. The molecule has 1 aliphatic heterocycles. The van der Waals surface area contributed by atoms with E-state index >= 15 is 0 Å². The summed E-state index contributed by atoms with van der Waals surface area (Å²) in [6.45, 7) is 4.52. The van der Waals surface area contributed by atoms with Crippen LogP contribution in [0.15, 0.2) is 30.9 Å². The van der Waals surface area contributed by atoms with E-state index in [0.717, 1.165) is 6.42 Å². The van der Waals surface area contributed by atoms with Crippen molar-refractivity contribution < 1.29 is 14.3 Å². The summed E-state index contributed by atoms with van der Waals surface area (Å²) >= 11 is 12.3. The van der Waals surface area contributed by atoms with Gasteiger partial charge >= 0.3 is 0 Å². The predicted molar refractivity (Wildman–Crippen MR) is 104 cm³/mol. The summed E-state index contributed by atoms with van der Waals surface area (Å²) in [5.41, 5.74) is 0.221. The molecule has 0 bridgehead atoms. The highest BCUT2D eigenvalue weighted by Gasteiger charge is 2.43. The molecule has 0 unspecified atom stereocenters. The van der Waals surface area contributed by atoms with Crippen molar-refractivity contribution in [1.29, 1.82) is 0 Å². The van der Waals surface area contributed by atoms with Crippen molar-refractivity contribution in [3.63, 3.8) is 0 Å². The number of ketones is 1. The van der Waals surface area contributed by atoms with E-state index in [4.69, 9.17) is 32.7 Å². The van der Waals surface area contributed by atoms with Crippen LogP contribution in [-0.2, 0) is 14.3 Å². The molecule has 0 aliphatic carbocycles. The summed E-state index contributed by atoms with van der Waals surface area (Å²) in [7, 11) is 0. The molecule has 2 aromatic rings. The fourth-order valence-electron chi connectivity index (χ4n) is 2.93. The topological polar surface area (TPSA) is 66.2 Å². The van der Waals surface area contributed by atoms with Crippen molar-refractivity contribution in [3.8, 4) is 0 Å². The smallest absolute Gasteiger partial charge is 0.192 e. The third-order valence-corrected chi connectivity index (χ3v) is 5.30. The Labute approximate surface area is 168 Å². The highest BCUT2D eigenvalue weighted by Crippen LogP contribution is 2.35. The lowest BCUT2D eigenvalue weighted by Crippen LogP contribution is -2.47.